The highest BCUT2D eigenvalue weighted by atomic mass is 32.1. The van der Waals surface area contributed by atoms with Crippen LogP contribution in [0.3, 0.4) is 0 Å². The Morgan fingerprint density at radius 3 is 1.74 bits per heavy atom. The molecule has 0 bridgehead atoms. The van der Waals surface area contributed by atoms with Gasteiger partial charge in [0.2, 0.25) is 0 Å². The molecular weight excluding hydrogens is 599 g/mol. The molecule has 3 heterocycles. The molecule has 0 N–H and O–H groups in total. The van der Waals surface area contributed by atoms with Crippen molar-refractivity contribution in [2.24, 2.45) is 0 Å². The molecule has 10 aromatic rings. The standard InChI is InChI=1S/C41H23N3S2/c1-2-12-24(13-3-1)39-42-40(31-22-25-14-5-7-17-28(25)38-35(31)29-18-8-11-21-33(29)46-38)44-41(43-39)37-27-16-6-4-15-26(27)23-34-36(37)30-19-9-10-20-32(30)45-34/h1-23H. The van der Waals surface area contributed by atoms with E-state index in [-0.39, 0.29) is 0 Å². The van der Waals surface area contributed by atoms with Gasteiger partial charge in [-0.1, -0.05) is 115 Å². The Morgan fingerprint density at radius 2 is 0.957 bits per heavy atom. The number of benzene rings is 7. The Balaban J connectivity index is 1.38. The molecular formula is C41H23N3S2. The lowest BCUT2D eigenvalue weighted by Gasteiger charge is -2.13. The van der Waals surface area contributed by atoms with Gasteiger partial charge in [0.25, 0.3) is 0 Å². The van der Waals surface area contributed by atoms with Crippen molar-refractivity contribution in [3.05, 3.63) is 140 Å². The highest BCUT2D eigenvalue weighted by Crippen LogP contribution is 2.46. The van der Waals surface area contributed by atoms with Gasteiger partial charge in [-0.25, -0.2) is 15.0 Å². The number of thiophene rings is 2. The fraction of sp³-hybridized carbons (Fsp3) is 0. The molecule has 5 heteroatoms. The second-order valence-electron chi connectivity index (χ2n) is 11.6. The average Bonchev–Trinajstić information content (AvgIpc) is 3.69. The predicted molar refractivity (Wildman–Crippen MR) is 197 cm³/mol. The van der Waals surface area contributed by atoms with Crippen LogP contribution in [-0.4, -0.2) is 15.0 Å². The highest BCUT2D eigenvalue weighted by molar-refractivity contribution is 7.27. The minimum absolute atomic E-state index is 0.669. The van der Waals surface area contributed by atoms with E-state index in [1.807, 2.05) is 40.9 Å². The normalized spacial score (nSPS) is 11.9. The summed E-state index contributed by atoms with van der Waals surface area (Å²) >= 11 is 3.66. The fourth-order valence-electron chi connectivity index (χ4n) is 6.84. The van der Waals surface area contributed by atoms with Crippen molar-refractivity contribution < 1.29 is 0 Å². The first-order chi connectivity index (χ1) is 22.8. The van der Waals surface area contributed by atoms with Crippen molar-refractivity contribution in [2.45, 2.75) is 0 Å². The molecule has 0 aliphatic carbocycles. The number of hydrogen-bond acceptors (Lipinski definition) is 5. The third-order valence-electron chi connectivity index (χ3n) is 8.89. The van der Waals surface area contributed by atoms with Gasteiger partial charge in [0, 0.05) is 57.0 Å². The molecule has 0 aliphatic heterocycles. The van der Waals surface area contributed by atoms with Crippen molar-refractivity contribution in [3.63, 3.8) is 0 Å². The lowest BCUT2D eigenvalue weighted by Crippen LogP contribution is -2.01. The van der Waals surface area contributed by atoms with Crippen LogP contribution in [-0.2, 0) is 0 Å². The predicted octanol–water partition coefficient (Wildman–Crippen LogP) is 11.9. The molecule has 46 heavy (non-hydrogen) atoms. The van der Waals surface area contributed by atoms with E-state index in [2.05, 4.69) is 121 Å². The van der Waals surface area contributed by atoms with E-state index in [0.717, 1.165) is 22.1 Å². The zero-order valence-electron chi connectivity index (χ0n) is 24.4. The van der Waals surface area contributed by atoms with Gasteiger partial charge in [0.15, 0.2) is 17.5 Å². The van der Waals surface area contributed by atoms with Crippen LogP contribution in [0.2, 0.25) is 0 Å². The van der Waals surface area contributed by atoms with Crippen LogP contribution in [0.25, 0.3) is 96.1 Å². The Kier molecular flexibility index (Phi) is 5.61. The first-order valence-corrected chi connectivity index (χ1v) is 16.9. The summed E-state index contributed by atoms with van der Waals surface area (Å²) in [7, 11) is 0. The molecule has 0 atom stereocenters. The molecule has 10 rings (SSSR count). The molecule has 0 saturated carbocycles. The summed E-state index contributed by atoms with van der Waals surface area (Å²) < 4.78 is 5.00. The summed E-state index contributed by atoms with van der Waals surface area (Å²) in [6.45, 7) is 0. The number of hydrogen-bond donors (Lipinski definition) is 0. The molecule has 214 valence electrons. The van der Waals surface area contributed by atoms with Gasteiger partial charge < -0.3 is 0 Å². The molecule has 0 aliphatic rings. The first-order valence-electron chi connectivity index (χ1n) is 15.3. The van der Waals surface area contributed by atoms with E-state index in [9.17, 15) is 0 Å². The maximum absolute atomic E-state index is 5.42. The monoisotopic (exact) mass is 621 g/mol. The van der Waals surface area contributed by atoms with Crippen LogP contribution >= 0.6 is 22.7 Å². The molecule has 3 aromatic heterocycles. The summed E-state index contributed by atoms with van der Waals surface area (Å²) in [5.41, 5.74) is 3.04. The summed E-state index contributed by atoms with van der Waals surface area (Å²) in [5, 5.41) is 9.58. The van der Waals surface area contributed by atoms with E-state index < -0.39 is 0 Å². The van der Waals surface area contributed by atoms with Crippen molar-refractivity contribution in [1.29, 1.82) is 0 Å². The number of aromatic nitrogens is 3. The Bertz CT molecular complexity index is 2810. The third kappa shape index (κ3) is 3.86. The van der Waals surface area contributed by atoms with Crippen LogP contribution in [0, 0.1) is 0 Å². The Labute approximate surface area is 272 Å². The largest absolute Gasteiger partial charge is 0.208 e. The van der Waals surface area contributed by atoms with Crippen LogP contribution in [0.15, 0.2) is 140 Å². The third-order valence-corrected chi connectivity index (χ3v) is 11.2. The Morgan fingerprint density at radius 1 is 0.391 bits per heavy atom. The van der Waals surface area contributed by atoms with Crippen molar-refractivity contribution in [3.8, 4) is 34.2 Å². The van der Waals surface area contributed by atoms with E-state index in [4.69, 9.17) is 15.0 Å². The lowest BCUT2D eigenvalue weighted by molar-refractivity contribution is 1.08. The zero-order valence-corrected chi connectivity index (χ0v) is 26.1. The number of fused-ring (bicyclic) bond motifs is 9. The van der Waals surface area contributed by atoms with E-state index in [1.165, 1.54) is 56.5 Å². The fourth-order valence-corrected chi connectivity index (χ4v) is 9.27. The summed E-state index contributed by atoms with van der Waals surface area (Å²) in [5.74, 6) is 2.04. The molecule has 0 radical (unpaired) electrons. The highest BCUT2D eigenvalue weighted by Gasteiger charge is 2.22. The molecule has 7 aromatic carbocycles. The summed E-state index contributed by atoms with van der Waals surface area (Å²) in [4.78, 5) is 15.9. The molecule has 0 saturated heterocycles. The maximum atomic E-state index is 5.42. The van der Waals surface area contributed by atoms with Gasteiger partial charge in [0.1, 0.15) is 0 Å². The second-order valence-corrected chi connectivity index (χ2v) is 13.7. The van der Waals surface area contributed by atoms with E-state index in [0.29, 0.717) is 17.5 Å². The molecule has 0 fully saturated rings. The maximum Gasteiger partial charge on any atom is 0.165 e. The zero-order chi connectivity index (χ0) is 30.2. The van der Waals surface area contributed by atoms with Crippen molar-refractivity contribution in [2.75, 3.05) is 0 Å². The quantitative estimate of drug-likeness (QED) is 0.197. The minimum atomic E-state index is 0.669. The topological polar surface area (TPSA) is 38.7 Å². The summed E-state index contributed by atoms with van der Waals surface area (Å²) in [6, 6.07) is 49.4. The van der Waals surface area contributed by atoms with Gasteiger partial charge in [0.05, 0.1) is 0 Å². The van der Waals surface area contributed by atoms with Crippen molar-refractivity contribution >= 4 is 84.6 Å². The molecule has 3 nitrogen and oxygen atoms in total. The average molecular weight is 622 g/mol. The summed E-state index contributed by atoms with van der Waals surface area (Å²) in [6.07, 6.45) is 0. The smallest absolute Gasteiger partial charge is 0.165 e. The van der Waals surface area contributed by atoms with Gasteiger partial charge >= 0.3 is 0 Å². The first kappa shape index (κ1) is 25.8. The van der Waals surface area contributed by atoms with Gasteiger partial charge in [-0.2, -0.15) is 0 Å². The number of rotatable bonds is 3. The molecule has 0 unspecified atom stereocenters. The van der Waals surface area contributed by atoms with Crippen LogP contribution in [0.1, 0.15) is 0 Å². The van der Waals surface area contributed by atoms with Gasteiger partial charge in [-0.05, 0) is 45.8 Å². The van der Waals surface area contributed by atoms with Crippen molar-refractivity contribution in [1.82, 2.24) is 15.0 Å². The lowest BCUT2D eigenvalue weighted by atomic mass is 9.97. The molecule has 0 amide bonds. The van der Waals surface area contributed by atoms with Crippen LogP contribution in [0.4, 0.5) is 0 Å². The second kappa shape index (κ2) is 10.0. The van der Waals surface area contributed by atoms with Crippen LogP contribution in [0.5, 0.6) is 0 Å². The molecule has 0 spiro atoms. The van der Waals surface area contributed by atoms with Gasteiger partial charge in [-0.3, -0.25) is 0 Å². The van der Waals surface area contributed by atoms with Gasteiger partial charge in [-0.15, -0.1) is 22.7 Å². The SMILES string of the molecule is c1ccc(-c2nc(-c3c4ccccc4cc4sc5ccccc5c34)nc(-c3cc4ccccc4c4sc5ccccc5c34)n2)cc1. The Hall–Kier alpha value is -5.49. The number of nitrogens with zero attached hydrogens (tertiary/aromatic N) is 3. The van der Waals surface area contributed by atoms with E-state index in [1.54, 1.807) is 0 Å². The minimum Gasteiger partial charge on any atom is -0.208 e. The van der Waals surface area contributed by atoms with E-state index >= 15 is 0 Å². The van der Waals surface area contributed by atoms with Crippen LogP contribution < -0.4 is 0 Å².